The molecule has 2 bridgehead atoms. The van der Waals surface area contributed by atoms with E-state index in [1.54, 1.807) is 0 Å². The highest BCUT2D eigenvalue weighted by atomic mass is 35.5. The summed E-state index contributed by atoms with van der Waals surface area (Å²) in [6.45, 7) is 2.65. The van der Waals surface area contributed by atoms with Crippen molar-refractivity contribution < 1.29 is 4.79 Å². The molecule has 5 heteroatoms. The van der Waals surface area contributed by atoms with Gasteiger partial charge in [-0.25, -0.2) is 0 Å². The third kappa shape index (κ3) is 3.74. The van der Waals surface area contributed by atoms with Gasteiger partial charge in [-0.15, -0.1) is 0 Å². The molecule has 2 saturated carbocycles. The highest BCUT2D eigenvalue weighted by Crippen LogP contribution is 2.49. The zero-order valence-electron chi connectivity index (χ0n) is 14.5. The van der Waals surface area contributed by atoms with Gasteiger partial charge >= 0.3 is 0 Å². The highest BCUT2D eigenvalue weighted by Gasteiger charge is 2.40. The van der Waals surface area contributed by atoms with Gasteiger partial charge in [0.2, 0.25) is 5.91 Å². The summed E-state index contributed by atoms with van der Waals surface area (Å²) >= 11 is 6.05. The Hall–Kier alpha value is -1.81. The number of fused-ring (bicyclic) bond motifs is 2. The smallest absolute Gasteiger partial charge is 0.225 e. The first-order valence-corrected chi connectivity index (χ1v) is 9.53. The fourth-order valence-electron chi connectivity index (χ4n) is 4.60. The van der Waals surface area contributed by atoms with Crippen LogP contribution in [0.4, 0.5) is 5.82 Å². The van der Waals surface area contributed by atoms with Gasteiger partial charge in [0, 0.05) is 23.2 Å². The van der Waals surface area contributed by atoms with Crippen LogP contribution in [0.2, 0.25) is 5.02 Å². The number of carbonyl (C=O) groups excluding carboxylic acids is 1. The van der Waals surface area contributed by atoms with E-state index in [1.165, 1.54) is 25.7 Å². The van der Waals surface area contributed by atoms with E-state index >= 15 is 0 Å². The van der Waals surface area contributed by atoms with E-state index in [-0.39, 0.29) is 5.91 Å². The standard InChI is InChI=1S/C20H24ClN3O/c1-13-7-19(23-24(13)12-15-3-2-4-18(21)10-15)22-20(25)11-17-9-14-5-6-16(17)8-14/h2-4,7,10,14,16-17H,5-6,8-9,11-12H2,1H3,(H,22,23,25). The Morgan fingerprint density at radius 3 is 2.92 bits per heavy atom. The molecule has 2 aromatic rings. The number of carbonyl (C=O) groups is 1. The van der Waals surface area contributed by atoms with Gasteiger partial charge in [-0.05, 0) is 61.6 Å². The van der Waals surface area contributed by atoms with Crippen LogP contribution in [0.1, 0.15) is 43.4 Å². The Balaban J connectivity index is 1.37. The van der Waals surface area contributed by atoms with Crippen molar-refractivity contribution in [2.75, 3.05) is 5.32 Å². The van der Waals surface area contributed by atoms with Crippen LogP contribution in [0.25, 0.3) is 0 Å². The van der Waals surface area contributed by atoms with E-state index < -0.39 is 0 Å². The number of hydrogen-bond donors (Lipinski definition) is 1. The van der Waals surface area contributed by atoms with E-state index in [9.17, 15) is 4.79 Å². The average Bonchev–Trinajstić information content (AvgIpc) is 3.24. The van der Waals surface area contributed by atoms with Gasteiger partial charge in [0.05, 0.1) is 6.54 Å². The Labute approximate surface area is 153 Å². The van der Waals surface area contributed by atoms with Crippen molar-refractivity contribution in [3.8, 4) is 0 Å². The first kappa shape index (κ1) is 16.6. The zero-order valence-corrected chi connectivity index (χ0v) is 15.3. The minimum atomic E-state index is 0.102. The predicted octanol–water partition coefficient (Wildman–Crippen LogP) is 4.66. The quantitative estimate of drug-likeness (QED) is 0.846. The van der Waals surface area contributed by atoms with Crippen LogP contribution in [0.5, 0.6) is 0 Å². The fourth-order valence-corrected chi connectivity index (χ4v) is 4.81. The average molecular weight is 358 g/mol. The number of halogens is 1. The largest absolute Gasteiger partial charge is 0.309 e. The molecule has 132 valence electrons. The number of amides is 1. The normalized spacial score (nSPS) is 24.6. The number of rotatable bonds is 5. The Bertz CT molecular complexity index is 785. The molecule has 0 radical (unpaired) electrons. The van der Waals surface area contributed by atoms with Crippen molar-refractivity contribution >= 4 is 23.3 Å². The molecule has 1 N–H and O–H groups in total. The molecule has 25 heavy (non-hydrogen) atoms. The summed E-state index contributed by atoms with van der Waals surface area (Å²) in [4.78, 5) is 12.4. The minimum absolute atomic E-state index is 0.102. The van der Waals surface area contributed by atoms with Crippen LogP contribution in [0, 0.1) is 24.7 Å². The SMILES string of the molecule is Cc1cc(NC(=O)CC2CC3CCC2C3)nn1Cc1cccc(Cl)c1. The van der Waals surface area contributed by atoms with Crippen molar-refractivity contribution in [3.63, 3.8) is 0 Å². The lowest BCUT2D eigenvalue weighted by atomic mass is 9.86. The Morgan fingerprint density at radius 2 is 2.20 bits per heavy atom. The molecule has 3 atom stereocenters. The number of benzene rings is 1. The van der Waals surface area contributed by atoms with E-state index in [0.29, 0.717) is 24.7 Å². The van der Waals surface area contributed by atoms with Crippen molar-refractivity contribution in [1.82, 2.24) is 9.78 Å². The van der Waals surface area contributed by atoms with Gasteiger partial charge in [0.15, 0.2) is 5.82 Å². The van der Waals surface area contributed by atoms with Crippen LogP contribution in [0.15, 0.2) is 30.3 Å². The van der Waals surface area contributed by atoms with Crippen LogP contribution < -0.4 is 5.32 Å². The third-order valence-electron chi connectivity index (χ3n) is 5.80. The van der Waals surface area contributed by atoms with Crippen LogP contribution in [-0.4, -0.2) is 15.7 Å². The molecule has 3 unspecified atom stereocenters. The number of nitrogens with one attached hydrogen (secondary N) is 1. The topological polar surface area (TPSA) is 46.9 Å². The van der Waals surface area contributed by atoms with Crippen molar-refractivity contribution in [1.29, 1.82) is 0 Å². The van der Waals surface area contributed by atoms with Crippen LogP contribution in [-0.2, 0) is 11.3 Å². The molecule has 0 spiro atoms. The summed E-state index contributed by atoms with van der Waals surface area (Å²) in [5.74, 6) is 2.98. The molecule has 1 aromatic heterocycles. The van der Waals surface area contributed by atoms with Gasteiger partial charge in [-0.2, -0.15) is 5.10 Å². The molecule has 1 aromatic carbocycles. The lowest BCUT2D eigenvalue weighted by Gasteiger charge is -2.20. The summed E-state index contributed by atoms with van der Waals surface area (Å²) in [5.41, 5.74) is 2.12. The third-order valence-corrected chi connectivity index (χ3v) is 6.04. The molecule has 1 heterocycles. The second kappa shape index (κ2) is 6.83. The molecule has 0 saturated heterocycles. The summed E-state index contributed by atoms with van der Waals surface area (Å²) in [5, 5.41) is 8.25. The Morgan fingerprint density at radius 1 is 1.32 bits per heavy atom. The molecule has 4 nitrogen and oxygen atoms in total. The molecule has 1 amide bonds. The van der Waals surface area contributed by atoms with E-state index in [2.05, 4.69) is 10.4 Å². The van der Waals surface area contributed by atoms with Crippen molar-refractivity contribution in [2.24, 2.45) is 17.8 Å². The van der Waals surface area contributed by atoms with Crippen LogP contribution >= 0.6 is 11.6 Å². The van der Waals surface area contributed by atoms with Crippen LogP contribution in [0.3, 0.4) is 0 Å². The lowest BCUT2D eigenvalue weighted by molar-refractivity contribution is -0.117. The number of nitrogens with zero attached hydrogens (tertiary/aromatic N) is 2. The molecule has 0 aliphatic heterocycles. The van der Waals surface area contributed by atoms with E-state index in [4.69, 9.17) is 11.6 Å². The van der Waals surface area contributed by atoms with Gasteiger partial charge in [0.25, 0.3) is 0 Å². The molecule has 4 rings (SSSR count). The van der Waals surface area contributed by atoms with E-state index in [0.717, 1.165) is 28.1 Å². The summed E-state index contributed by atoms with van der Waals surface area (Å²) in [6, 6.07) is 9.70. The maximum Gasteiger partial charge on any atom is 0.225 e. The van der Waals surface area contributed by atoms with Gasteiger partial charge in [0.1, 0.15) is 0 Å². The zero-order chi connectivity index (χ0) is 17.4. The molecule has 2 aliphatic rings. The number of anilines is 1. The first-order valence-electron chi connectivity index (χ1n) is 9.15. The molecular formula is C20H24ClN3O. The fraction of sp³-hybridized carbons (Fsp3) is 0.500. The number of aromatic nitrogens is 2. The summed E-state index contributed by atoms with van der Waals surface area (Å²) in [7, 11) is 0. The second-order valence-corrected chi connectivity index (χ2v) is 8.08. The second-order valence-electron chi connectivity index (χ2n) is 7.65. The molecular weight excluding hydrogens is 334 g/mol. The van der Waals surface area contributed by atoms with E-state index in [1.807, 2.05) is 41.9 Å². The number of hydrogen-bond acceptors (Lipinski definition) is 2. The van der Waals surface area contributed by atoms with Gasteiger partial charge < -0.3 is 5.32 Å². The number of aryl methyl sites for hydroxylation is 1. The first-order chi connectivity index (χ1) is 12.1. The van der Waals surface area contributed by atoms with Gasteiger partial charge in [-0.1, -0.05) is 30.2 Å². The lowest BCUT2D eigenvalue weighted by Crippen LogP contribution is -2.20. The summed E-state index contributed by atoms with van der Waals surface area (Å²) < 4.78 is 1.90. The van der Waals surface area contributed by atoms with Crippen molar-refractivity contribution in [2.45, 2.75) is 45.6 Å². The molecule has 2 aliphatic carbocycles. The highest BCUT2D eigenvalue weighted by molar-refractivity contribution is 6.30. The maximum atomic E-state index is 12.4. The predicted molar refractivity (Wildman–Crippen MR) is 99.7 cm³/mol. The Kier molecular flexibility index (Phi) is 4.55. The summed E-state index contributed by atoms with van der Waals surface area (Å²) in [6.07, 6.45) is 5.90. The monoisotopic (exact) mass is 357 g/mol. The maximum absolute atomic E-state index is 12.4. The molecule has 2 fully saturated rings. The van der Waals surface area contributed by atoms with Gasteiger partial charge in [-0.3, -0.25) is 9.48 Å². The minimum Gasteiger partial charge on any atom is -0.309 e. The van der Waals surface area contributed by atoms with Crippen molar-refractivity contribution in [3.05, 3.63) is 46.6 Å².